The van der Waals surface area contributed by atoms with Crippen LogP contribution in [0.4, 0.5) is 4.39 Å². The van der Waals surface area contributed by atoms with Gasteiger partial charge in [-0.2, -0.15) is 0 Å². The van der Waals surface area contributed by atoms with Crippen LogP contribution in [0, 0.1) is 5.82 Å². The highest BCUT2D eigenvalue weighted by Crippen LogP contribution is 2.24. The summed E-state index contributed by atoms with van der Waals surface area (Å²) in [4.78, 5) is 33.2. The number of benzene rings is 1. The number of nitrogens with zero attached hydrogens (tertiary/aromatic N) is 4. The fourth-order valence-electron chi connectivity index (χ4n) is 2.30. The Morgan fingerprint density at radius 2 is 1.70 bits per heavy atom. The number of halogens is 1. The third-order valence-electron chi connectivity index (χ3n) is 3.56. The summed E-state index contributed by atoms with van der Waals surface area (Å²) in [6.07, 6.45) is 1.79. The molecule has 0 atom stereocenters. The Kier molecular flexibility index (Phi) is 3.77. The van der Waals surface area contributed by atoms with E-state index in [-0.39, 0.29) is 11.5 Å². The number of aromatic nitrogens is 4. The molecule has 0 aliphatic rings. The van der Waals surface area contributed by atoms with E-state index in [0.29, 0.717) is 21.8 Å². The van der Waals surface area contributed by atoms with Gasteiger partial charge in [-0.15, -0.1) is 11.8 Å². The van der Waals surface area contributed by atoms with Crippen molar-refractivity contribution in [2.75, 3.05) is 6.26 Å². The van der Waals surface area contributed by atoms with Gasteiger partial charge >= 0.3 is 5.69 Å². The molecular weight excluding hydrogens is 319 g/mol. The van der Waals surface area contributed by atoms with E-state index in [0.717, 1.165) is 4.57 Å². The Labute approximate surface area is 134 Å². The second kappa shape index (κ2) is 5.62. The summed E-state index contributed by atoms with van der Waals surface area (Å²) in [6, 6.07) is 5.73. The van der Waals surface area contributed by atoms with Crippen molar-refractivity contribution in [1.82, 2.24) is 19.1 Å². The molecule has 2 heterocycles. The van der Waals surface area contributed by atoms with E-state index < -0.39 is 11.2 Å². The molecule has 0 radical (unpaired) electrons. The second-order valence-corrected chi connectivity index (χ2v) is 5.76. The van der Waals surface area contributed by atoms with Crippen LogP contribution in [0.15, 0.2) is 38.9 Å². The van der Waals surface area contributed by atoms with Gasteiger partial charge in [-0.05, 0) is 30.5 Å². The number of fused-ring (bicyclic) bond motifs is 1. The zero-order chi connectivity index (χ0) is 16.7. The monoisotopic (exact) mass is 332 g/mol. The number of hydrogen-bond donors (Lipinski definition) is 0. The summed E-state index contributed by atoms with van der Waals surface area (Å²) in [7, 11) is 2.97. The Morgan fingerprint density at radius 1 is 1.04 bits per heavy atom. The van der Waals surface area contributed by atoms with E-state index in [4.69, 9.17) is 0 Å². The van der Waals surface area contributed by atoms with Crippen molar-refractivity contribution in [2.24, 2.45) is 14.1 Å². The first-order valence-electron chi connectivity index (χ1n) is 6.71. The van der Waals surface area contributed by atoms with Crippen molar-refractivity contribution < 1.29 is 4.39 Å². The van der Waals surface area contributed by atoms with Crippen LogP contribution in [0.5, 0.6) is 0 Å². The molecule has 23 heavy (non-hydrogen) atoms. The van der Waals surface area contributed by atoms with E-state index in [9.17, 15) is 14.0 Å². The van der Waals surface area contributed by atoms with Crippen molar-refractivity contribution in [3.63, 3.8) is 0 Å². The molecule has 3 rings (SSSR count). The van der Waals surface area contributed by atoms with Crippen LogP contribution in [-0.2, 0) is 14.1 Å². The van der Waals surface area contributed by atoms with Gasteiger partial charge in [0, 0.05) is 19.7 Å². The highest BCUT2D eigenvalue weighted by molar-refractivity contribution is 7.98. The molecule has 0 bridgehead atoms. The van der Waals surface area contributed by atoms with Gasteiger partial charge in [0.05, 0.1) is 0 Å². The fourth-order valence-corrected chi connectivity index (χ4v) is 2.87. The van der Waals surface area contributed by atoms with E-state index >= 15 is 0 Å². The average Bonchev–Trinajstić information content (AvgIpc) is 2.57. The van der Waals surface area contributed by atoms with Crippen molar-refractivity contribution in [3.8, 4) is 11.4 Å². The lowest BCUT2D eigenvalue weighted by molar-refractivity contribution is 0.628. The molecule has 0 unspecified atom stereocenters. The first-order valence-corrected chi connectivity index (χ1v) is 7.94. The minimum Gasteiger partial charge on any atom is -0.280 e. The first-order chi connectivity index (χ1) is 10.9. The summed E-state index contributed by atoms with van der Waals surface area (Å²) in [5.41, 5.74) is -0.0232. The topological polar surface area (TPSA) is 69.8 Å². The molecule has 2 aromatic heterocycles. The van der Waals surface area contributed by atoms with Gasteiger partial charge in [-0.1, -0.05) is 0 Å². The van der Waals surface area contributed by atoms with Crippen LogP contribution in [0.2, 0.25) is 0 Å². The molecule has 0 amide bonds. The molecule has 8 heteroatoms. The molecule has 0 fully saturated rings. The number of hydrogen-bond acceptors (Lipinski definition) is 5. The molecule has 6 nitrogen and oxygen atoms in total. The van der Waals surface area contributed by atoms with Crippen molar-refractivity contribution >= 4 is 22.8 Å². The standard InChI is InChI=1S/C15H13FN4O2S/c1-19-12-10(14(21)20(2)15(19)22)13(23-3)18-11(17-12)8-4-6-9(16)7-5-8/h4-7H,1-3H3. The van der Waals surface area contributed by atoms with Crippen molar-refractivity contribution in [1.29, 1.82) is 0 Å². The maximum absolute atomic E-state index is 13.1. The summed E-state index contributed by atoms with van der Waals surface area (Å²) in [6.45, 7) is 0. The highest BCUT2D eigenvalue weighted by Gasteiger charge is 2.17. The first kappa shape index (κ1) is 15.4. The Morgan fingerprint density at radius 3 is 2.30 bits per heavy atom. The van der Waals surface area contributed by atoms with Crippen LogP contribution >= 0.6 is 11.8 Å². The van der Waals surface area contributed by atoms with Gasteiger partial charge < -0.3 is 0 Å². The summed E-state index contributed by atoms with van der Waals surface area (Å²) >= 11 is 1.29. The molecule has 0 N–H and O–H groups in total. The maximum atomic E-state index is 13.1. The fraction of sp³-hybridized carbons (Fsp3) is 0.200. The largest absolute Gasteiger partial charge is 0.332 e. The molecule has 0 spiro atoms. The quantitative estimate of drug-likeness (QED) is 0.526. The predicted octanol–water partition coefficient (Wildman–Crippen LogP) is 1.56. The van der Waals surface area contributed by atoms with Gasteiger partial charge in [0.2, 0.25) is 0 Å². The van der Waals surface area contributed by atoms with Gasteiger partial charge in [0.1, 0.15) is 16.2 Å². The number of aryl methyl sites for hydroxylation is 1. The summed E-state index contributed by atoms with van der Waals surface area (Å²) in [5.74, 6) is -0.0222. The Hall–Kier alpha value is -2.48. The molecule has 0 saturated carbocycles. The summed E-state index contributed by atoms with van der Waals surface area (Å²) in [5, 5.41) is 0.776. The molecule has 1 aromatic carbocycles. The number of thioether (sulfide) groups is 1. The van der Waals surface area contributed by atoms with Crippen molar-refractivity contribution in [3.05, 3.63) is 50.9 Å². The van der Waals surface area contributed by atoms with E-state index in [2.05, 4.69) is 9.97 Å². The van der Waals surface area contributed by atoms with Crippen LogP contribution in [0.25, 0.3) is 22.4 Å². The van der Waals surface area contributed by atoms with Crippen LogP contribution in [0.1, 0.15) is 0 Å². The molecule has 0 aliphatic carbocycles. The van der Waals surface area contributed by atoms with Crippen LogP contribution in [0.3, 0.4) is 0 Å². The Bertz CT molecular complexity index is 1020. The predicted molar refractivity (Wildman–Crippen MR) is 87.2 cm³/mol. The summed E-state index contributed by atoms with van der Waals surface area (Å²) < 4.78 is 15.4. The molecule has 0 saturated heterocycles. The number of rotatable bonds is 2. The zero-order valence-corrected chi connectivity index (χ0v) is 13.5. The van der Waals surface area contributed by atoms with E-state index in [1.54, 1.807) is 25.4 Å². The van der Waals surface area contributed by atoms with Crippen LogP contribution < -0.4 is 11.2 Å². The lowest BCUT2D eigenvalue weighted by Crippen LogP contribution is -2.37. The highest BCUT2D eigenvalue weighted by atomic mass is 32.2. The maximum Gasteiger partial charge on any atom is 0.332 e. The lowest BCUT2D eigenvalue weighted by atomic mass is 10.2. The smallest absolute Gasteiger partial charge is 0.280 e. The van der Waals surface area contributed by atoms with E-state index in [1.807, 2.05) is 0 Å². The minimum absolute atomic E-state index is 0.261. The molecular formula is C15H13FN4O2S. The zero-order valence-electron chi connectivity index (χ0n) is 12.7. The third-order valence-corrected chi connectivity index (χ3v) is 4.24. The van der Waals surface area contributed by atoms with Gasteiger partial charge in [-0.3, -0.25) is 13.9 Å². The van der Waals surface area contributed by atoms with Gasteiger partial charge in [-0.25, -0.2) is 19.2 Å². The molecule has 118 valence electrons. The van der Waals surface area contributed by atoms with Gasteiger partial charge in [0.15, 0.2) is 11.5 Å². The Balaban J connectivity index is 2.43. The minimum atomic E-state index is -0.460. The van der Waals surface area contributed by atoms with Crippen molar-refractivity contribution in [2.45, 2.75) is 5.03 Å². The van der Waals surface area contributed by atoms with Crippen LogP contribution in [-0.4, -0.2) is 25.4 Å². The third kappa shape index (κ3) is 2.44. The molecule has 3 aromatic rings. The SMILES string of the molecule is CSc1nc(-c2ccc(F)cc2)nc2c1c(=O)n(C)c(=O)n2C. The second-order valence-electron chi connectivity index (χ2n) is 4.97. The average molecular weight is 332 g/mol. The molecule has 0 aliphatic heterocycles. The van der Waals surface area contributed by atoms with E-state index in [1.165, 1.54) is 35.5 Å². The van der Waals surface area contributed by atoms with Gasteiger partial charge in [0.25, 0.3) is 5.56 Å². The lowest BCUT2D eigenvalue weighted by Gasteiger charge is -2.10. The normalized spacial score (nSPS) is 11.1.